The molecule has 104 valence electrons. The van der Waals surface area contributed by atoms with E-state index in [1.165, 1.54) is 0 Å². The smallest absolute Gasteiger partial charge is 0.332 e. The van der Waals surface area contributed by atoms with Crippen molar-refractivity contribution in [1.29, 1.82) is 0 Å². The summed E-state index contributed by atoms with van der Waals surface area (Å²) in [5.41, 5.74) is 0. The number of rotatable bonds is 6. The van der Waals surface area contributed by atoms with Gasteiger partial charge in [0.05, 0.1) is 6.10 Å². The first-order chi connectivity index (χ1) is 8.43. The summed E-state index contributed by atoms with van der Waals surface area (Å²) >= 11 is 0. The molecule has 2 N–H and O–H groups in total. The number of hydrogen-bond acceptors (Lipinski definition) is 4. The molecule has 1 rings (SSSR count). The maximum Gasteiger partial charge on any atom is 0.332 e. The highest BCUT2D eigenvalue weighted by Gasteiger charge is 2.31. The summed E-state index contributed by atoms with van der Waals surface area (Å²) in [6.45, 7) is 3.16. The minimum atomic E-state index is -0.890. The van der Waals surface area contributed by atoms with E-state index in [0.717, 1.165) is 6.42 Å². The lowest BCUT2D eigenvalue weighted by atomic mass is 10.1. The molecule has 0 aromatic rings. The number of carboxylic acid groups (broad SMARTS) is 1. The van der Waals surface area contributed by atoms with Crippen LogP contribution >= 0.6 is 0 Å². The topological polar surface area (TPSA) is 78.9 Å². The van der Waals surface area contributed by atoms with Gasteiger partial charge in [-0.05, 0) is 19.9 Å². The van der Waals surface area contributed by atoms with E-state index in [9.17, 15) is 9.59 Å². The van der Waals surface area contributed by atoms with Crippen molar-refractivity contribution in [2.45, 2.75) is 32.0 Å². The predicted molar refractivity (Wildman–Crippen MR) is 66.3 cm³/mol. The van der Waals surface area contributed by atoms with Gasteiger partial charge < -0.3 is 20.1 Å². The second-order valence-electron chi connectivity index (χ2n) is 4.90. The van der Waals surface area contributed by atoms with E-state index in [1.54, 1.807) is 7.05 Å². The highest BCUT2D eigenvalue weighted by Crippen LogP contribution is 2.20. The van der Waals surface area contributed by atoms with Crippen molar-refractivity contribution in [3.8, 4) is 0 Å². The summed E-state index contributed by atoms with van der Waals surface area (Å²) in [4.78, 5) is 24.1. The Morgan fingerprint density at radius 1 is 1.50 bits per heavy atom. The molecule has 0 aromatic heterocycles. The number of nitrogens with one attached hydrogen (secondary N) is 1. The number of carbonyl (C=O) groups is 2. The van der Waals surface area contributed by atoms with E-state index < -0.39 is 12.1 Å². The van der Waals surface area contributed by atoms with Crippen LogP contribution in [0, 0.1) is 5.92 Å². The normalized spacial score (nSPS) is 25.1. The van der Waals surface area contributed by atoms with Crippen molar-refractivity contribution >= 4 is 11.9 Å². The molecule has 0 radical (unpaired) electrons. The molecular formula is C12H22N2O4. The van der Waals surface area contributed by atoms with Crippen LogP contribution in [0.4, 0.5) is 0 Å². The summed E-state index contributed by atoms with van der Waals surface area (Å²) in [5, 5.41) is 11.4. The fourth-order valence-electron chi connectivity index (χ4n) is 2.24. The first-order valence-corrected chi connectivity index (χ1v) is 6.22. The molecule has 0 saturated carbocycles. The second-order valence-corrected chi connectivity index (χ2v) is 4.90. The number of amides is 1. The van der Waals surface area contributed by atoms with E-state index in [1.807, 2.05) is 18.9 Å². The first-order valence-electron chi connectivity index (χ1n) is 6.22. The molecule has 0 bridgehead atoms. The van der Waals surface area contributed by atoms with Gasteiger partial charge in [-0.3, -0.25) is 4.79 Å². The number of hydrogen-bond donors (Lipinski definition) is 2. The molecule has 3 unspecified atom stereocenters. The highest BCUT2D eigenvalue weighted by atomic mass is 16.5. The molecule has 6 heteroatoms. The monoisotopic (exact) mass is 258 g/mol. The summed E-state index contributed by atoms with van der Waals surface area (Å²) in [5.74, 6) is -0.965. The number of ether oxygens (including phenoxy) is 1. The fraction of sp³-hybridized carbons (Fsp3) is 0.833. The van der Waals surface area contributed by atoms with E-state index in [-0.39, 0.29) is 17.9 Å². The number of carboxylic acids is 1. The van der Waals surface area contributed by atoms with E-state index in [0.29, 0.717) is 19.5 Å². The van der Waals surface area contributed by atoms with Crippen molar-refractivity contribution in [2.75, 3.05) is 27.2 Å². The van der Waals surface area contributed by atoms with Gasteiger partial charge in [-0.15, -0.1) is 0 Å². The second kappa shape index (κ2) is 6.70. The van der Waals surface area contributed by atoms with E-state index >= 15 is 0 Å². The molecule has 1 aliphatic rings. The van der Waals surface area contributed by atoms with Crippen LogP contribution < -0.4 is 5.32 Å². The third-order valence-electron chi connectivity index (χ3n) is 3.18. The molecule has 0 aliphatic carbocycles. The standard InChI is InChI=1S/C12H22N2O4/c1-8(11(15)13-2)6-14(3)7-9-4-5-10(18-9)12(16)17/h8-10H,4-7H2,1-3H3,(H,13,15)(H,16,17). The summed E-state index contributed by atoms with van der Waals surface area (Å²) < 4.78 is 5.42. The van der Waals surface area contributed by atoms with Gasteiger partial charge in [0.15, 0.2) is 6.10 Å². The molecule has 1 heterocycles. The molecule has 1 saturated heterocycles. The largest absolute Gasteiger partial charge is 0.479 e. The van der Waals surface area contributed by atoms with Gasteiger partial charge in [0.25, 0.3) is 0 Å². The zero-order chi connectivity index (χ0) is 13.7. The van der Waals surface area contributed by atoms with Gasteiger partial charge in [0, 0.05) is 26.1 Å². The zero-order valence-corrected chi connectivity index (χ0v) is 11.2. The minimum Gasteiger partial charge on any atom is -0.479 e. The number of likely N-dealkylation sites (N-methyl/N-ethyl adjacent to an activating group) is 1. The first kappa shape index (κ1) is 14.9. The number of aliphatic carboxylic acids is 1. The van der Waals surface area contributed by atoms with Gasteiger partial charge in [-0.1, -0.05) is 6.92 Å². The maximum atomic E-state index is 11.4. The Morgan fingerprint density at radius 3 is 2.67 bits per heavy atom. The average molecular weight is 258 g/mol. The molecule has 1 amide bonds. The fourth-order valence-corrected chi connectivity index (χ4v) is 2.24. The van der Waals surface area contributed by atoms with Crippen LogP contribution in [0.3, 0.4) is 0 Å². The number of nitrogens with zero attached hydrogens (tertiary/aromatic N) is 1. The van der Waals surface area contributed by atoms with Crippen molar-refractivity contribution < 1.29 is 19.4 Å². The Bertz CT molecular complexity index is 308. The van der Waals surface area contributed by atoms with Gasteiger partial charge in [-0.25, -0.2) is 4.79 Å². The lowest BCUT2D eigenvalue weighted by Gasteiger charge is -2.23. The lowest BCUT2D eigenvalue weighted by Crippen LogP contribution is -2.38. The van der Waals surface area contributed by atoms with Crippen LogP contribution in [0.5, 0.6) is 0 Å². The van der Waals surface area contributed by atoms with Gasteiger partial charge in [-0.2, -0.15) is 0 Å². The average Bonchev–Trinajstić information content (AvgIpc) is 2.76. The minimum absolute atomic E-state index is 0.0117. The van der Waals surface area contributed by atoms with Crippen LogP contribution in [0.1, 0.15) is 19.8 Å². The summed E-state index contributed by atoms with van der Waals surface area (Å²) in [6.07, 6.45) is 0.613. The van der Waals surface area contributed by atoms with Gasteiger partial charge in [0.2, 0.25) is 5.91 Å². The quantitative estimate of drug-likeness (QED) is 0.697. The molecule has 3 atom stereocenters. The van der Waals surface area contributed by atoms with Crippen LogP contribution in [-0.2, 0) is 14.3 Å². The van der Waals surface area contributed by atoms with Crippen molar-refractivity contribution in [3.63, 3.8) is 0 Å². The SMILES string of the molecule is CNC(=O)C(C)CN(C)CC1CCC(C(=O)O)O1. The third kappa shape index (κ3) is 4.27. The Morgan fingerprint density at radius 2 is 2.17 bits per heavy atom. The van der Waals surface area contributed by atoms with Gasteiger partial charge >= 0.3 is 5.97 Å². The molecule has 6 nitrogen and oxygen atoms in total. The van der Waals surface area contributed by atoms with Gasteiger partial charge in [0.1, 0.15) is 0 Å². The van der Waals surface area contributed by atoms with Crippen molar-refractivity contribution in [3.05, 3.63) is 0 Å². The summed E-state index contributed by atoms with van der Waals surface area (Å²) in [6, 6.07) is 0. The lowest BCUT2D eigenvalue weighted by molar-refractivity contribution is -0.149. The highest BCUT2D eigenvalue weighted by molar-refractivity contribution is 5.78. The molecule has 18 heavy (non-hydrogen) atoms. The Kier molecular flexibility index (Phi) is 5.55. The molecular weight excluding hydrogens is 236 g/mol. The maximum absolute atomic E-state index is 11.4. The van der Waals surface area contributed by atoms with E-state index in [4.69, 9.17) is 9.84 Å². The van der Waals surface area contributed by atoms with E-state index in [2.05, 4.69) is 5.32 Å². The Labute approximate surface area is 107 Å². The van der Waals surface area contributed by atoms with Crippen LogP contribution in [0.2, 0.25) is 0 Å². The molecule has 1 fully saturated rings. The third-order valence-corrected chi connectivity index (χ3v) is 3.18. The van der Waals surface area contributed by atoms with Crippen LogP contribution in [0.25, 0.3) is 0 Å². The molecule has 0 spiro atoms. The zero-order valence-electron chi connectivity index (χ0n) is 11.2. The Balaban J connectivity index is 2.31. The van der Waals surface area contributed by atoms with Crippen molar-refractivity contribution in [2.24, 2.45) is 5.92 Å². The molecule has 0 aromatic carbocycles. The van der Waals surface area contributed by atoms with Crippen molar-refractivity contribution in [1.82, 2.24) is 10.2 Å². The summed E-state index contributed by atoms with van der Waals surface area (Å²) in [7, 11) is 3.53. The molecule has 1 aliphatic heterocycles. The van der Waals surface area contributed by atoms with Crippen LogP contribution in [0.15, 0.2) is 0 Å². The van der Waals surface area contributed by atoms with Crippen LogP contribution in [-0.4, -0.2) is 61.3 Å². The Hall–Kier alpha value is -1.14. The predicted octanol–water partition coefficient (Wildman–Crippen LogP) is -0.0675. The number of carbonyl (C=O) groups excluding carboxylic acids is 1.